The van der Waals surface area contributed by atoms with Crippen molar-refractivity contribution in [3.63, 3.8) is 0 Å². The van der Waals surface area contributed by atoms with Crippen molar-refractivity contribution in [1.82, 2.24) is 5.32 Å². The Bertz CT molecular complexity index is 463. The minimum atomic E-state index is 0.0825. The van der Waals surface area contributed by atoms with Gasteiger partial charge in [0.25, 0.3) is 0 Å². The number of ketones is 1. The molecule has 0 aromatic heterocycles. The normalized spacial score (nSPS) is 28.3. The summed E-state index contributed by atoms with van der Waals surface area (Å²) in [7, 11) is 0. The van der Waals surface area contributed by atoms with Gasteiger partial charge in [-0.25, -0.2) is 0 Å². The Labute approximate surface area is 171 Å². The third kappa shape index (κ3) is 8.20. The number of amides is 1. The molecule has 1 N–H and O–H groups in total. The Morgan fingerprint density at radius 3 is 2.00 bits per heavy atom. The summed E-state index contributed by atoms with van der Waals surface area (Å²) in [5.41, 5.74) is 0. The number of rotatable bonds is 11. The van der Waals surface area contributed by atoms with Gasteiger partial charge in [0.15, 0.2) is 0 Å². The van der Waals surface area contributed by atoms with Gasteiger partial charge in [-0.15, -0.1) is 0 Å². The number of hydrogen-bond acceptors (Lipinski definition) is 4. The topological polar surface area (TPSA) is 64.6 Å². The summed E-state index contributed by atoms with van der Waals surface area (Å²) in [6, 6.07) is 0.226. The van der Waals surface area contributed by atoms with Crippen molar-refractivity contribution in [2.75, 3.05) is 26.4 Å². The molecule has 2 fully saturated rings. The van der Waals surface area contributed by atoms with Gasteiger partial charge in [-0.05, 0) is 70.1 Å². The number of Topliss-reactive ketones (excluding diaryl/α,β-unsaturated/α-hetero) is 1. The highest BCUT2D eigenvalue weighted by Gasteiger charge is 2.28. The molecule has 28 heavy (non-hydrogen) atoms. The second-order valence-electron chi connectivity index (χ2n) is 9.04. The monoisotopic (exact) mass is 395 g/mol. The number of nitrogens with one attached hydrogen (secondary N) is 1. The van der Waals surface area contributed by atoms with E-state index in [1.165, 1.54) is 25.7 Å². The second-order valence-corrected chi connectivity index (χ2v) is 9.04. The van der Waals surface area contributed by atoms with E-state index in [9.17, 15) is 9.59 Å². The lowest BCUT2D eigenvalue weighted by atomic mass is 9.80. The maximum atomic E-state index is 12.2. The van der Waals surface area contributed by atoms with Crippen LogP contribution >= 0.6 is 0 Å². The van der Waals surface area contributed by atoms with E-state index in [1.807, 2.05) is 13.8 Å². The quantitative estimate of drug-likeness (QED) is 0.534. The molecule has 1 amide bonds. The Kier molecular flexibility index (Phi) is 10.5. The average molecular weight is 396 g/mol. The molecule has 5 heteroatoms. The van der Waals surface area contributed by atoms with Gasteiger partial charge < -0.3 is 14.8 Å². The van der Waals surface area contributed by atoms with Crippen LogP contribution in [0.1, 0.15) is 78.6 Å². The zero-order valence-corrected chi connectivity index (χ0v) is 18.2. The van der Waals surface area contributed by atoms with Crippen molar-refractivity contribution in [3.8, 4) is 0 Å². The van der Waals surface area contributed by atoms with E-state index in [-0.39, 0.29) is 23.8 Å². The van der Waals surface area contributed by atoms with E-state index in [0.717, 1.165) is 45.5 Å². The summed E-state index contributed by atoms with van der Waals surface area (Å²) >= 11 is 0. The van der Waals surface area contributed by atoms with Crippen molar-refractivity contribution in [2.24, 2.45) is 23.7 Å². The molecule has 0 spiro atoms. The maximum Gasteiger partial charge on any atom is 0.222 e. The molecule has 0 atom stereocenters. The predicted molar refractivity (Wildman–Crippen MR) is 111 cm³/mol. The lowest BCUT2D eigenvalue weighted by molar-refractivity contribution is -0.127. The summed E-state index contributed by atoms with van der Waals surface area (Å²) in [5, 5.41) is 3.13. The minimum Gasteiger partial charge on any atom is -0.381 e. The van der Waals surface area contributed by atoms with Gasteiger partial charge in [-0.2, -0.15) is 0 Å². The molecule has 2 aliphatic carbocycles. The van der Waals surface area contributed by atoms with Gasteiger partial charge in [0.1, 0.15) is 5.78 Å². The first-order chi connectivity index (χ1) is 13.5. The lowest BCUT2D eigenvalue weighted by Crippen LogP contribution is -2.39. The molecule has 0 aliphatic heterocycles. The SMILES string of the molecule is CCOCC1CCC(COCCC(=O)NC2CCC(C(=O)C(C)C)CC2)CC1. The highest BCUT2D eigenvalue weighted by atomic mass is 16.5. The molecule has 0 heterocycles. The zero-order valence-electron chi connectivity index (χ0n) is 18.2. The van der Waals surface area contributed by atoms with E-state index >= 15 is 0 Å². The molecule has 0 bridgehead atoms. The largest absolute Gasteiger partial charge is 0.381 e. The molecule has 0 aromatic rings. The summed E-state index contributed by atoms with van der Waals surface area (Å²) in [6.07, 6.45) is 8.97. The fourth-order valence-electron chi connectivity index (χ4n) is 4.56. The molecule has 2 saturated carbocycles. The van der Waals surface area contributed by atoms with Crippen LogP contribution in [-0.4, -0.2) is 44.2 Å². The van der Waals surface area contributed by atoms with Gasteiger partial charge in [0, 0.05) is 44.1 Å². The average Bonchev–Trinajstić information content (AvgIpc) is 2.70. The van der Waals surface area contributed by atoms with Crippen LogP contribution in [0.15, 0.2) is 0 Å². The van der Waals surface area contributed by atoms with Crippen molar-refractivity contribution in [3.05, 3.63) is 0 Å². The summed E-state index contributed by atoms with van der Waals surface area (Å²) in [6.45, 7) is 8.99. The van der Waals surface area contributed by atoms with Crippen molar-refractivity contribution in [2.45, 2.75) is 84.6 Å². The van der Waals surface area contributed by atoms with Crippen LogP contribution in [0.4, 0.5) is 0 Å². The summed E-state index contributed by atoms with van der Waals surface area (Å²) in [4.78, 5) is 24.2. The molecule has 2 aliphatic rings. The first-order valence-electron chi connectivity index (χ1n) is 11.5. The Morgan fingerprint density at radius 1 is 0.893 bits per heavy atom. The van der Waals surface area contributed by atoms with Crippen LogP contribution in [0.3, 0.4) is 0 Å². The van der Waals surface area contributed by atoms with E-state index in [1.54, 1.807) is 0 Å². The number of hydrogen-bond donors (Lipinski definition) is 1. The Balaban J connectivity index is 1.50. The Hall–Kier alpha value is -0.940. The Morgan fingerprint density at radius 2 is 1.46 bits per heavy atom. The second kappa shape index (κ2) is 12.6. The van der Waals surface area contributed by atoms with Crippen molar-refractivity contribution >= 4 is 11.7 Å². The van der Waals surface area contributed by atoms with Crippen LogP contribution in [0.2, 0.25) is 0 Å². The first-order valence-corrected chi connectivity index (χ1v) is 11.5. The molecule has 0 saturated heterocycles. The van der Waals surface area contributed by atoms with Crippen LogP contribution in [-0.2, 0) is 19.1 Å². The maximum absolute atomic E-state index is 12.2. The summed E-state index contributed by atoms with van der Waals surface area (Å²) < 4.78 is 11.3. The van der Waals surface area contributed by atoms with Crippen LogP contribution in [0.5, 0.6) is 0 Å². The number of carbonyl (C=O) groups excluding carboxylic acids is 2. The lowest BCUT2D eigenvalue weighted by Gasteiger charge is -2.29. The molecule has 0 radical (unpaired) electrons. The summed E-state index contributed by atoms with van der Waals surface area (Å²) in [5.74, 6) is 2.12. The molecule has 5 nitrogen and oxygen atoms in total. The smallest absolute Gasteiger partial charge is 0.222 e. The molecular weight excluding hydrogens is 354 g/mol. The van der Waals surface area contributed by atoms with Crippen molar-refractivity contribution in [1.29, 1.82) is 0 Å². The highest BCUT2D eigenvalue weighted by Crippen LogP contribution is 2.29. The van der Waals surface area contributed by atoms with Crippen LogP contribution in [0.25, 0.3) is 0 Å². The zero-order chi connectivity index (χ0) is 20.4. The third-order valence-corrected chi connectivity index (χ3v) is 6.41. The standard InChI is InChI=1S/C23H41NO4/c1-4-27-15-18-5-7-19(8-6-18)16-28-14-13-22(25)24-21-11-9-20(10-12-21)23(26)17(2)3/h17-21H,4-16H2,1-3H3,(H,24,25). The number of ether oxygens (including phenoxy) is 2. The van der Waals surface area contributed by atoms with Gasteiger partial charge in [-0.1, -0.05) is 13.8 Å². The highest BCUT2D eigenvalue weighted by molar-refractivity contribution is 5.83. The van der Waals surface area contributed by atoms with Gasteiger partial charge in [0.05, 0.1) is 6.61 Å². The molecule has 0 unspecified atom stereocenters. The van der Waals surface area contributed by atoms with Gasteiger partial charge in [0.2, 0.25) is 5.91 Å². The van der Waals surface area contributed by atoms with E-state index in [0.29, 0.717) is 30.6 Å². The fourth-order valence-corrected chi connectivity index (χ4v) is 4.56. The molecule has 0 aromatic carbocycles. The van der Waals surface area contributed by atoms with E-state index in [2.05, 4.69) is 12.2 Å². The van der Waals surface area contributed by atoms with Crippen molar-refractivity contribution < 1.29 is 19.1 Å². The number of carbonyl (C=O) groups is 2. The van der Waals surface area contributed by atoms with Crippen LogP contribution in [0, 0.1) is 23.7 Å². The first kappa shape index (κ1) is 23.3. The fraction of sp³-hybridized carbons (Fsp3) is 0.913. The molecule has 162 valence electrons. The van der Waals surface area contributed by atoms with E-state index < -0.39 is 0 Å². The van der Waals surface area contributed by atoms with Gasteiger partial charge >= 0.3 is 0 Å². The van der Waals surface area contributed by atoms with Crippen LogP contribution < -0.4 is 5.32 Å². The molecular formula is C23H41NO4. The molecule has 2 rings (SSSR count). The minimum absolute atomic E-state index is 0.0825. The predicted octanol–water partition coefficient (Wildman–Crippen LogP) is 4.14. The third-order valence-electron chi connectivity index (χ3n) is 6.41. The van der Waals surface area contributed by atoms with E-state index in [4.69, 9.17) is 9.47 Å². The van der Waals surface area contributed by atoms with Gasteiger partial charge in [-0.3, -0.25) is 9.59 Å².